The first kappa shape index (κ1) is 24.3. The standard InChI is InChI=1S/C26H25N5O5S/c1-31(37(2,35)36)23-6-4-3-5-17(23)15-7-9-18-21(13-15)28-22-14-16(8-10-19(22)30-25(18)33)27-26(34)20-11-12-24(32)29-20/h3-10,13-14,20,28H,11-12H2,1-2H3,(H,27,34)(H,29,32)(H,30,33)/t20-/m0/s1. The third-order valence-corrected chi connectivity index (χ3v) is 7.62. The van der Waals surface area contributed by atoms with Crippen LogP contribution in [0.4, 0.5) is 28.4 Å². The lowest BCUT2D eigenvalue weighted by Gasteiger charge is -2.21. The summed E-state index contributed by atoms with van der Waals surface area (Å²) in [5.74, 6) is -0.763. The summed E-state index contributed by atoms with van der Waals surface area (Å²) in [6.07, 6.45) is 1.90. The molecule has 0 saturated carbocycles. The van der Waals surface area contributed by atoms with Crippen LogP contribution < -0.4 is 25.6 Å². The number of carbonyl (C=O) groups is 3. The number of hydrogen-bond donors (Lipinski definition) is 4. The number of carbonyl (C=O) groups excluding carboxylic acids is 3. The van der Waals surface area contributed by atoms with E-state index >= 15 is 0 Å². The van der Waals surface area contributed by atoms with Crippen molar-refractivity contribution in [3.8, 4) is 11.1 Å². The Balaban J connectivity index is 1.48. The summed E-state index contributed by atoms with van der Waals surface area (Å²) in [6.45, 7) is 0. The molecule has 0 spiro atoms. The van der Waals surface area contributed by atoms with E-state index in [9.17, 15) is 22.8 Å². The number of nitrogens with one attached hydrogen (secondary N) is 4. The molecule has 10 nitrogen and oxygen atoms in total. The number of para-hydroxylation sites is 1. The minimum atomic E-state index is -3.49. The molecule has 0 bridgehead atoms. The molecule has 37 heavy (non-hydrogen) atoms. The second-order valence-corrected chi connectivity index (χ2v) is 11.0. The molecule has 0 radical (unpaired) electrons. The van der Waals surface area contributed by atoms with E-state index in [1.807, 2.05) is 12.1 Å². The monoisotopic (exact) mass is 519 g/mol. The zero-order chi connectivity index (χ0) is 26.3. The molecule has 2 heterocycles. The molecule has 1 fully saturated rings. The molecule has 3 aromatic rings. The average Bonchev–Trinajstić information content (AvgIpc) is 3.25. The van der Waals surface area contributed by atoms with Gasteiger partial charge in [-0.25, -0.2) is 8.42 Å². The Bertz CT molecular complexity index is 1550. The van der Waals surface area contributed by atoms with E-state index in [2.05, 4.69) is 21.3 Å². The van der Waals surface area contributed by atoms with Gasteiger partial charge in [0.05, 0.1) is 34.6 Å². The Kier molecular flexibility index (Phi) is 6.08. The lowest BCUT2D eigenvalue weighted by Crippen LogP contribution is -2.37. The summed E-state index contributed by atoms with van der Waals surface area (Å²) in [5.41, 5.74) is 4.45. The molecule has 5 rings (SSSR count). The number of sulfonamides is 1. The predicted octanol–water partition coefficient (Wildman–Crippen LogP) is 3.28. The zero-order valence-electron chi connectivity index (χ0n) is 20.2. The minimum absolute atomic E-state index is 0.150. The van der Waals surface area contributed by atoms with Crippen LogP contribution in [0.25, 0.3) is 11.1 Å². The Hall–Kier alpha value is -4.38. The fraction of sp³-hybridized carbons (Fsp3) is 0.192. The van der Waals surface area contributed by atoms with Crippen molar-refractivity contribution in [3.63, 3.8) is 0 Å². The van der Waals surface area contributed by atoms with Crippen LogP contribution in [-0.2, 0) is 19.6 Å². The quantitative estimate of drug-likeness (QED) is 0.408. The zero-order valence-corrected chi connectivity index (χ0v) is 21.0. The number of anilines is 5. The molecular weight excluding hydrogens is 494 g/mol. The van der Waals surface area contributed by atoms with Gasteiger partial charge in [-0.2, -0.15) is 0 Å². The summed E-state index contributed by atoms with van der Waals surface area (Å²) in [4.78, 5) is 36.9. The smallest absolute Gasteiger partial charge is 0.257 e. The largest absolute Gasteiger partial charge is 0.353 e. The minimum Gasteiger partial charge on any atom is -0.353 e. The number of benzene rings is 3. The summed E-state index contributed by atoms with van der Waals surface area (Å²) in [6, 6.07) is 16.9. The highest BCUT2D eigenvalue weighted by atomic mass is 32.2. The summed E-state index contributed by atoms with van der Waals surface area (Å²) >= 11 is 0. The van der Waals surface area contributed by atoms with Gasteiger partial charge in [0.15, 0.2) is 0 Å². The topological polar surface area (TPSA) is 137 Å². The Morgan fingerprint density at radius 1 is 0.946 bits per heavy atom. The van der Waals surface area contributed by atoms with Crippen LogP contribution in [0.5, 0.6) is 0 Å². The Morgan fingerprint density at radius 3 is 2.46 bits per heavy atom. The number of amides is 3. The highest BCUT2D eigenvalue weighted by Gasteiger charge is 2.28. The Morgan fingerprint density at radius 2 is 1.73 bits per heavy atom. The molecule has 190 valence electrons. The van der Waals surface area contributed by atoms with Crippen molar-refractivity contribution in [2.75, 3.05) is 33.6 Å². The molecular formula is C26H25N5O5S. The van der Waals surface area contributed by atoms with Crippen molar-refractivity contribution in [2.45, 2.75) is 18.9 Å². The maximum absolute atomic E-state index is 12.9. The molecule has 1 saturated heterocycles. The predicted molar refractivity (Wildman–Crippen MR) is 143 cm³/mol. The van der Waals surface area contributed by atoms with Gasteiger partial charge in [-0.1, -0.05) is 24.3 Å². The van der Waals surface area contributed by atoms with Crippen LogP contribution in [0.15, 0.2) is 60.7 Å². The van der Waals surface area contributed by atoms with E-state index in [0.29, 0.717) is 52.4 Å². The lowest BCUT2D eigenvalue weighted by molar-refractivity contribution is -0.122. The van der Waals surface area contributed by atoms with Gasteiger partial charge in [-0.05, 0) is 48.4 Å². The maximum atomic E-state index is 12.9. The van der Waals surface area contributed by atoms with Gasteiger partial charge in [-0.3, -0.25) is 18.7 Å². The normalized spacial score (nSPS) is 16.4. The van der Waals surface area contributed by atoms with E-state index < -0.39 is 16.1 Å². The molecule has 3 amide bonds. The molecule has 4 N–H and O–H groups in total. The van der Waals surface area contributed by atoms with Gasteiger partial charge >= 0.3 is 0 Å². The first-order valence-electron chi connectivity index (χ1n) is 11.6. The van der Waals surface area contributed by atoms with Crippen molar-refractivity contribution >= 4 is 56.2 Å². The molecule has 2 aliphatic rings. The van der Waals surface area contributed by atoms with E-state index in [-0.39, 0.29) is 17.7 Å². The van der Waals surface area contributed by atoms with Crippen LogP contribution in [0.1, 0.15) is 23.2 Å². The third kappa shape index (κ3) is 4.85. The van der Waals surface area contributed by atoms with E-state index in [0.717, 1.165) is 11.8 Å². The van der Waals surface area contributed by atoms with Crippen molar-refractivity contribution in [3.05, 3.63) is 66.2 Å². The van der Waals surface area contributed by atoms with Crippen molar-refractivity contribution < 1.29 is 22.8 Å². The van der Waals surface area contributed by atoms with E-state index in [1.54, 1.807) is 48.5 Å². The van der Waals surface area contributed by atoms with Gasteiger partial charge in [0, 0.05) is 24.7 Å². The number of fused-ring (bicyclic) bond motifs is 2. The Labute approximate surface area is 214 Å². The second-order valence-electron chi connectivity index (χ2n) is 9.00. The summed E-state index contributed by atoms with van der Waals surface area (Å²) in [5, 5.41) is 11.6. The van der Waals surface area contributed by atoms with Crippen LogP contribution in [0.3, 0.4) is 0 Å². The highest BCUT2D eigenvalue weighted by Crippen LogP contribution is 2.38. The average molecular weight is 520 g/mol. The fourth-order valence-corrected chi connectivity index (χ4v) is 4.91. The number of rotatable bonds is 5. The van der Waals surface area contributed by atoms with Gasteiger partial charge in [0.25, 0.3) is 5.91 Å². The molecule has 0 unspecified atom stereocenters. The molecule has 11 heteroatoms. The van der Waals surface area contributed by atoms with Gasteiger partial charge in [0.2, 0.25) is 21.8 Å². The molecule has 1 atom stereocenters. The van der Waals surface area contributed by atoms with Gasteiger partial charge in [0.1, 0.15) is 6.04 Å². The SMILES string of the molecule is CN(c1ccccc1-c1ccc2c(c1)Nc1cc(NC(=O)[C@@H]3CCC(=O)N3)ccc1NC2=O)S(C)(=O)=O. The van der Waals surface area contributed by atoms with E-state index in [4.69, 9.17) is 0 Å². The van der Waals surface area contributed by atoms with Crippen molar-refractivity contribution in [1.29, 1.82) is 0 Å². The molecule has 2 aliphatic heterocycles. The van der Waals surface area contributed by atoms with Gasteiger partial charge in [-0.15, -0.1) is 0 Å². The first-order chi connectivity index (χ1) is 17.6. The third-order valence-electron chi connectivity index (χ3n) is 6.43. The second kappa shape index (κ2) is 9.25. The summed E-state index contributed by atoms with van der Waals surface area (Å²) < 4.78 is 25.6. The van der Waals surface area contributed by atoms with Crippen LogP contribution in [0.2, 0.25) is 0 Å². The number of hydrogen-bond acceptors (Lipinski definition) is 6. The molecule has 0 aliphatic carbocycles. The van der Waals surface area contributed by atoms with Crippen molar-refractivity contribution in [1.82, 2.24) is 5.32 Å². The first-order valence-corrected chi connectivity index (χ1v) is 13.4. The lowest BCUT2D eigenvalue weighted by atomic mass is 10.0. The highest BCUT2D eigenvalue weighted by molar-refractivity contribution is 7.92. The maximum Gasteiger partial charge on any atom is 0.257 e. The number of nitrogens with zero attached hydrogens (tertiary/aromatic N) is 1. The summed E-state index contributed by atoms with van der Waals surface area (Å²) in [7, 11) is -1.99. The molecule has 3 aromatic carbocycles. The van der Waals surface area contributed by atoms with Crippen LogP contribution in [-0.4, -0.2) is 45.5 Å². The van der Waals surface area contributed by atoms with E-state index in [1.165, 1.54) is 11.4 Å². The fourth-order valence-electron chi connectivity index (χ4n) is 4.39. The van der Waals surface area contributed by atoms with Crippen LogP contribution >= 0.6 is 0 Å². The van der Waals surface area contributed by atoms with Gasteiger partial charge < -0.3 is 21.3 Å². The van der Waals surface area contributed by atoms with Crippen LogP contribution in [0, 0.1) is 0 Å². The molecule has 0 aromatic heterocycles. The van der Waals surface area contributed by atoms with Crippen molar-refractivity contribution in [2.24, 2.45) is 0 Å².